The lowest BCUT2D eigenvalue weighted by molar-refractivity contribution is 0.0998. The van der Waals surface area contributed by atoms with Crippen molar-refractivity contribution in [3.05, 3.63) is 30.1 Å². The fourth-order valence-electron chi connectivity index (χ4n) is 2.67. The fraction of sp³-hybridized carbons (Fsp3) is 0.667. The first-order chi connectivity index (χ1) is 9.24. The number of aromatic nitrogens is 1. The number of likely N-dealkylation sites (tertiary alicyclic amines) is 1. The minimum absolute atomic E-state index is 0.207. The van der Waals surface area contributed by atoms with Crippen molar-refractivity contribution < 1.29 is 5.11 Å². The number of aliphatic hydroxyl groups is 1. The van der Waals surface area contributed by atoms with Gasteiger partial charge in [0.1, 0.15) is 0 Å². The first-order valence-electron chi connectivity index (χ1n) is 7.24. The summed E-state index contributed by atoms with van der Waals surface area (Å²) < 4.78 is 0. The molecule has 0 radical (unpaired) electrons. The van der Waals surface area contributed by atoms with Crippen LogP contribution in [0.4, 0.5) is 0 Å². The number of nitrogens with one attached hydrogen (secondary N) is 1. The third-order valence-electron chi connectivity index (χ3n) is 3.74. The van der Waals surface area contributed by atoms with Crippen LogP contribution in [0.25, 0.3) is 0 Å². The topological polar surface area (TPSA) is 48.4 Å². The van der Waals surface area contributed by atoms with Gasteiger partial charge in [-0.1, -0.05) is 0 Å². The number of hydrogen-bond donors (Lipinski definition) is 2. The van der Waals surface area contributed by atoms with Crippen molar-refractivity contribution in [1.82, 2.24) is 15.2 Å². The molecule has 1 unspecified atom stereocenters. The summed E-state index contributed by atoms with van der Waals surface area (Å²) in [5.74, 6) is 0.770. The number of piperidine rings is 1. The summed E-state index contributed by atoms with van der Waals surface area (Å²) in [4.78, 5) is 6.39. The number of aliphatic hydroxyl groups excluding tert-OH is 1. The van der Waals surface area contributed by atoms with Crippen molar-refractivity contribution in [2.45, 2.75) is 32.4 Å². The van der Waals surface area contributed by atoms with Crippen molar-refractivity contribution in [2.75, 3.05) is 26.2 Å². The predicted molar refractivity (Wildman–Crippen MR) is 76.8 cm³/mol. The van der Waals surface area contributed by atoms with E-state index in [0.29, 0.717) is 0 Å². The van der Waals surface area contributed by atoms with Crippen molar-refractivity contribution >= 4 is 0 Å². The summed E-state index contributed by atoms with van der Waals surface area (Å²) in [6.07, 6.45) is 5.94. The van der Waals surface area contributed by atoms with E-state index in [1.807, 2.05) is 19.3 Å². The van der Waals surface area contributed by atoms with Gasteiger partial charge in [0.25, 0.3) is 0 Å². The molecule has 0 bridgehead atoms. The van der Waals surface area contributed by atoms with Crippen LogP contribution in [0.3, 0.4) is 0 Å². The first kappa shape index (κ1) is 14.4. The summed E-state index contributed by atoms with van der Waals surface area (Å²) >= 11 is 0. The van der Waals surface area contributed by atoms with E-state index in [1.54, 1.807) is 0 Å². The van der Waals surface area contributed by atoms with Crippen LogP contribution >= 0.6 is 0 Å². The van der Waals surface area contributed by atoms with E-state index < -0.39 is 0 Å². The maximum Gasteiger partial charge on any atom is 0.0639 e. The molecule has 0 amide bonds. The number of pyridine rings is 1. The zero-order valence-electron chi connectivity index (χ0n) is 11.8. The third-order valence-corrected chi connectivity index (χ3v) is 3.74. The van der Waals surface area contributed by atoms with Crippen molar-refractivity contribution in [1.29, 1.82) is 0 Å². The molecular weight excluding hydrogens is 238 g/mol. The molecule has 0 aliphatic carbocycles. The molecule has 0 saturated carbocycles. The molecule has 19 heavy (non-hydrogen) atoms. The number of hydrogen-bond acceptors (Lipinski definition) is 4. The number of β-amino-alcohol motifs (C(OH)–C–C–N with tert-alkyl or cyclic N) is 1. The molecule has 2 N–H and O–H groups in total. The highest BCUT2D eigenvalue weighted by Crippen LogP contribution is 2.16. The van der Waals surface area contributed by atoms with E-state index in [-0.39, 0.29) is 6.10 Å². The highest BCUT2D eigenvalue weighted by Gasteiger charge is 2.19. The van der Waals surface area contributed by atoms with Gasteiger partial charge in [-0.2, -0.15) is 0 Å². The molecule has 106 valence electrons. The molecule has 1 atom stereocenters. The van der Waals surface area contributed by atoms with Gasteiger partial charge in [-0.05, 0) is 63.0 Å². The molecule has 1 aromatic heterocycles. The van der Waals surface area contributed by atoms with Crippen molar-refractivity contribution in [3.8, 4) is 0 Å². The number of rotatable bonds is 6. The average Bonchev–Trinajstić information content (AvgIpc) is 2.41. The zero-order valence-corrected chi connectivity index (χ0v) is 11.8. The molecule has 0 aromatic carbocycles. The van der Waals surface area contributed by atoms with Crippen molar-refractivity contribution in [3.63, 3.8) is 0 Å². The molecule has 0 spiro atoms. The maximum absolute atomic E-state index is 9.38. The summed E-state index contributed by atoms with van der Waals surface area (Å²) in [6, 6.07) is 4.11. The minimum Gasteiger partial charge on any atom is -0.392 e. The molecule has 2 heterocycles. The SMILES string of the molecule is CC(O)CN1CCC(CNCc2ccncc2)CC1. The molecule has 1 aliphatic rings. The Balaban J connectivity index is 1.61. The second-order valence-electron chi connectivity index (χ2n) is 5.58. The van der Waals surface area contributed by atoms with Gasteiger partial charge in [-0.15, -0.1) is 0 Å². The largest absolute Gasteiger partial charge is 0.392 e. The maximum atomic E-state index is 9.38. The van der Waals surface area contributed by atoms with Crippen LogP contribution in [0.5, 0.6) is 0 Å². The minimum atomic E-state index is -0.207. The molecule has 4 heteroatoms. The van der Waals surface area contributed by atoms with E-state index in [0.717, 1.165) is 38.6 Å². The van der Waals surface area contributed by atoms with Gasteiger partial charge in [0.2, 0.25) is 0 Å². The van der Waals surface area contributed by atoms with Crippen LogP contribution in [-0.2, 0) is 6.54 Å². The third kappa shape index (κ3) is 5.27. The predicted octanol–water partition coefficient (Wildman–Crippen LogP) is 1.26. The molecule has 1 saturated heterocycles. The zero-order chi connectivity index (χ0) is 13.5. The molecule has 1 aromatic rings. The average molecular weight is 263 g/mol. The first-order valence-corrected chi connectivity index (χ1v) is 7.24. The Morgan fingerprint density at radius 1 is 1.37 bits per heavy atom. The lowest BCUT2D eigenvalue weighted by Crippen LogP contribution is -2.40. The van der Waals surface area contributed by atoms with Crippen LogP contribution in [0.2, 0.25) is 0 Å². The summed E-state index contributed by atoms with van der Waals surface area (Å²) in [6.45, 7) is 6.93. The van der Waals surface area contributed by atoms with Gasteiger partial charge < -0.3 is 15.3 Å². The van der Waals surface area contributed by atoms with E-state index in [9.17, 15) is 5.11 Å². The Morgan fingerprint density at radius 2 is 2.05 bits per heavy atom. The summed E-state index contributed by atoms with van der Waals surface area (Å²) in [7, 11) is 0. The van der Waals surface area contributed by atoms with Gasteiger partial charge in [0, 0.05) is 25.5 Å². The van der Waals surface area contributed by atoms with Crippen molar-refractivity contribution in [2.24, 2.45) is 5.92 Å². The Kier molecular flexibility index (Phi) is 5.76. The Hall–Kier alpha value is -0.970. The monoisotopic (exact) mass is 263 g/mol. The van der Waals surface area contributed by atoms with E-state index >= 15 is 0 Å². The second-order valence-corrected chi connectivity index (χ2v) is 5.58. The standard InChI is InChI=1S/C15H25N3O/c1-13(19)12-18-8-4-15(5-9-18)11-17-10-14-2-6-16-7-3-14/h2-3,6-7,13,15,17,19H,4-5,8-12H2,1H3. The molecular formula is C15H25N3O. The number of nitrogens with zero attached hydrogens (tertiary/aromatic N) is 2. The van der Waals surface area contributed by atoms with Gasteiger partial charge in [0.15, 0.2) is 0 Å². The van der Waals surface area contributed by atoms with Gasteiger partial charge in [-0.25, -0.2) is 0 Å². The Morgan fingerprint density at radius 3 is 2.68 bits per heavy atom. The normalized spacial score (nSPS) is 19.5. The van der Waals surface area contributed by atoms with E-state index in [1.165, 1.54) is 18.4 Å². The fourth-order valence-corrected chi connectivity index (χ4v) is 2.67. The lowest BCUT2D eigenvalue weighted by Gasteiger charge is -2.32. The van der Waals surface area contributed by atoms with Crippen LogP contribution in [0, 0.1) is 5.92 Å². The van der Waals surface area contributed by atoms with Crippen LogP contribution in [0.1, 0.15) is 25.3 Å². The van der Waals surface area contributed by atoms with E-state index in [4.69, 9.17) is 0 Å². The molecule has 4 nitrogen and oxygen atoms in total. The molecule has 2 rings (SSSR count). The van der Waals surface area contributed by atoms with Gasteiger partial charge in [0.05, 0.1) is 6.10 Å². The second kappa shape index (κ2) is 7.58. The van der Waals surface area contributed by atoms with Crippen LogP contribution in [-0.4, -0.2) is 47.3 Å². The Labute approximate surface area is 115 Å². The Bertz CT molecular complexity index is 348. The summed E-state index contributed by atoms with van der Waals surface area (Å²) in [5.41, 5.74) is 1.29. The highest BCUT2D eigenvalue weighted by molar-refractivity contribution is 5.08. The smallest absolute Gasteiger partial charge is 0.0639 e. The van der Waals surface area contributed by atoms with Gasteiger partial charge in [-0.3, -0.25) is 4.98 Å². The van der Waals surface area contributed by atoms with Gasteiger partial charge >= 0.3 is 0 Å². The van der Waals surface area contributed by atoms with Crippen LogP contribution in [0.15, 0.2) is 24.5 Å². The lowest BCUT2D eigenvalue weighted by atomic mass is 9.96. The molecule has 1 fully saturated rings. The highest BCUT2D eigenvalue weighted by atomic mass is 16.3. The quantitative estimate of drug-likeness (QED) is 0.811. The van der Waals surface area contributed by atoms with Crippen LogP contribution < -0.4 is 5.32 Å². The van der Waals surface area contributed by atoms with E-state index in [2.05, 4.69) is 27.3 Å². The molecule has 1 aliphatic heterocycles. The summed E-state index contributed by atoms with van der Waals surface area (Å²) in [5, 5.41) is 12.9.